The van der Waals surface area contributed by atoms with Crippen molar-refractivity contribution in [3.05, 3.63) is 59.7 Å². The molecule has 0 aliphatic heterocycles. The minimum atomic E-state index is -1.03. The molecule has 36 heavy (non-hydrogen) atoms. The number of carbonyl (C=O) groups excluding carboxylic acids is 4. The fraction of sp³-hybridized carbons (Fsp3) is 0.385. The van der Waals surface area contributed by atoms with E-state index in [0.29, 0.717) is 0 Å². The van der Waals surface area contributed by atoms with Gasteiger partial charge in [0.1, 0.15) is 25.2 Å². The van der Waals surface area contributed by atoms with Crippen molar-refractivity contribution in [2.45, 2.75) is 31.8 Å². The third-order valence-corrected chi connectivity index (χ3v) is 6.38. The number of thiol groups is 1. The third kappa shape index (κ3) is 6.37. The molecule has 0 heterocycles. The lowest BCUT2D eigenvalue weighted by atomic mass is 9.98. The minimum Gasteiger partial charge on any atom is -0.468 e. The number of amides is 3. The van der Waals surface area contributed by atoms with Crippen LogP contribution in [0.4, 0.5) is 4.79 Å². The number of nitrogens with one attached hydrogen (secondary N) is 3. The van der Waals surface area contributed by atoms with Gasteiger partial charge in [-0.1, -0.05) is 62.4 Å². The molecule has 0 fully saturated rings. The summed E-state index contributed by atoms with van der Waals surface area (Å²) in [6.45, 7) is 3.28. The van der Waals surface area contributed by atoms with Gasteiger partial charge in [-0.15, -0.1) is 0 Å². The maximum atomic E-state index is 12.8. The number of rotatable bonds is 10. The van der Waals surface area contributed by atoms with Gasteiger partial charge in [-0.25, -0.2) is 4.79 Å². The highest BCUT2D eigenvalue weighted by atomic mass is 32.1. The summed E-state index contributed by atoms with van der Waals surface area (Å²) < 4.78 is 10.0. The van der Waals surface area contributed by atoms with Crippen LogP contribution in [-0.2, 0) is 23.9 Å². The predicted octanol–water partition coefficient (Wildman–Crippen LogP) is 2.25. The van der Waals surface area contributed by atoms with E-state index in [1.165, 1.54) is 7.11 Å². The molecule has 3 amide bonds. The SMILES string of the molecule is COC(=O)CNC(=O)C(NC(=O)[C@@H](CS)NC(=O)OCC1c2ccccc2-c2ccccc21)C(C)C. The Morgan fingerprint density at radius 3 is 2.03 bits per heavy atom. The van der Waals surface area contributed by atoms with Crippen LogP contribution < -0.4 is 16.0 Å². The third-order valence-electron chi connectivity index (χ3n) is 6.02. The maximum absolute atomic E-state index is 12.8. The normalized spacial score (nSPS) is 13.7. The van der Waals surface area contributed by atoms with E-state index in [1.54, 1.807) is 13.8 Å². The van der Waals surface area contributed by atoms with Crippen LogP contribution in [0, 0.1) is 5.92 Å². The predicted molar refractivity (Wildman–Crippen MR) is 138 cm³/mol. The van der Waals surface area contributed by atoms with Crippen LogP contribution in [0.25, 0.3) is 11.1 Å². The van der Waals surface area contributed by atoms with E-state index in [4.69, 9.17) is 4.74 Å². The first kappa shape index (κ1) is 27.1. The van der Waals surface area contributed by atoms with E-state index in [1.807, 2.05) is 48.5 Å². The Labute approximate surface area is 215 Å². The second-order valence-electron chi connectivity index (χ2n) is 8.73. The van der Waals surface area contributed by atoms with Crippen LogP contribution >= 0.6 is 12.6 Å². The van der Waals surface area contributed by atoms with Crippen molar-refractivity contribution in [3.8, 4) is 11.1 Å². The molecule has 3 rings (SSSR count). The fourth-order valence-corrected chi connectivity index (χ4v) is 4.36. The molecule has 0 spiro atoms. The second kappa shape index (κ2) is 12.4. The monoisotopic (exact) mass is 513 g/mol. The molecule has 0 saturated carbocycles. The highest BCUT2D eigenvalue weighted by Crippen LogP contribution is 2.44. The highest BCUT2D eigenvalue weighted by Gasteiger charge is 2.31. The van der Waals surface area contributed by atoms with E-state index in [9.17, 15) is 19.2 Å². The van der Waals surface area contributed by atoms with Crippen LogP contribution in [-0.4, -0.2) is 62.0 Å². The maximum Gasteiger partial charge on any atom is 0.407 e. The molecule has 0 radical (unpaired) electrons. The van der Waals surface area contributed by atoms with Crippen molar-refractivity contribution in [2.75, 3.05) is 26.0 Å². The van der Waals surface area contributed by atoms with E-state index < -0.39 is 36.0 Å². The summed E-state index contributed by atoms with van der Waals surface area (Å²) in [7, 11) is 1.21. The number of fused-ring (bicyclic) bond motifs is 3. The average Bonchev–Trinajstić information content (AvgIpc) is 3.20. The van der Waals surface area contributed by atoms with Crippen LogP contribution in [0.3, 0.4) is 0 Å². The summed E-state index contributed by atoms with van der Waals surface area (Å²) in [5, 5.41) is 7.57. The number of benzene rings is 2. The van der Waals surface area contributed by atoms with Gasteiger partial charge in [-0.05, 0) is 28.2 Å². The Morgan fingerprint density at radius 1 is 0.917 bits per heavy atom. The summed E-state index contributed by atoms with van der Waals surface area (Å²) in [5.41, 5.74) is 4.38. The second-order valence-corrected chi connectivity index (χ2v) is 9.09. The largest absolute Gasteiger partial charge is 0.468 e. The number of carbonyl (C=O) groups is 4. The van der Waals surface area contributed by atoms with Crippen LogP contribution in [0.5, 0.6) is 0 Å². The smallest absolute Gasteiger partial charge is 0.407 e. The summed E-state index contributed by atoms with van der Waals surface area (Å²) in [5.74, 6) is -2.14. The Morgan fingerprint density at radius 2 is 1.50 bits per heavy atom. The average molecular weight is 514 g/mol. The van der Waals surface area contributed by atoms with E-state index in [-0.39, 0.29) is 30.7 Å². The molecule has 0 aromatic heterocycles. The molecule has 3 N–H and O–H groups in total. The zero-order valence-electron chi connectivity index (χ0n) is 20.4. The summed E-state index contributed by atoms with van der Waals surface area (Å²) >= 11 is 4.17. The number of hydrogen-bond donors (Lipinski definition) is 4. The molecule has 10 heteroatoms. The molecule has 9 nitrogen and oxygen atoms in total. The Bertz CT molecular complexity index is 1080. The Kier molecular flexibility index (Phi) is 9.35. The topological polar surface area (TPSA) is 123 Å². The fourth-order valence-electron chi connectivity index (χ4n) is 4.11. The van der Waals surface area contributed by atoms with Crippen molar-refractivity contribution in [1.29, 1.82) is 0 Å². The van der Waals surface area contributed by atoms with Crippen LogP contribution in [0.15, 0.2) is 48.5 Å². The van der Waals surface area contributed by atoms with Crippen molar-refractivity contribution in [3.63, 3.8) is 0 Å². The molecule has 192 valence electrons. The van der Waals surface area contributed by atoms with E-state index >= 15 is 0 Å². The Balaban J connectivity index is 1.59. The first-order chi connectivity index (χ1) is 17.3. The molecule has 1 aliphatic rings. The van der Waals surface area contributed by atoms with Crippen molar-refractivity contribution in [2.24, 2.45) is 5.92 Å². The summed E-state index contributed by atoms with van der Waals surface area (Å²) in [6, 6.07) is 14.0. The van der Waals surface area contributed by atoms with Gasteiger partial charge in [0, 0.05) is 11.7 Å². The summed E-state index contributed by atoms with van der Waals surface area (Å²) in [4.78, 5) is 49.2. The standard InChI is InChI=1S/C26H31N3O6S/c1-15(2)23(25(32)27-12-22(30)34-3)29-24(31)21(14-36)28-26(33)35-13-20-18-10-6-4-8-16(18)17-9-5-7-11-19(17)20/h4-11,15,20-21,23,36H,12-14H2,1-3H3,(H,27,32)(H,28,33)(H,29,31)/t21-,23?/m1/s1. The zero-order chi connectivity index (χ0) is 26.2. The molecule has 0 bridgehead atoms. The number of ether oxygens (including phenoxy) is 2. The highest BCUT2D eigenvalue weighted by molar-refractivity contribution is 7.80. The number of methoxy groups -OCH3 is 1. The van der Waals surface area contributed by atoms with Crippen molar-refractivity contribution in [1.82, 2.24) is 16.0 Å². The Hall–Kier alpha value is -3.53. The van der Waals surface area contributed by atoms with E-state index in [2.05, 4.69) is 33.3 Å². The van der Waals surface area contributed by atoms with Gasteiger partial charge in [0.2, 0.25) is 11.8 Å². The van der Waals surface area contributed by atoms with Crippen LogP contribution in [0.1, 0.15) is 30.9 Å². The lowest BCUT2D eigenvalue weighted by Gasteiger charge is -2.24. The lowest BCUT2D eigenvalue weighted by molar-refractivity contribution is -0.141. The summed E-state index contributed by atoms with van der Waals surface area (Å²) in [6.07, 6.45) is -0.762. The van der Waals surface area contributed by atoms with Gasteiger partial charge in [0.05, 0.1) is 7.11 Å². The molecule has 1 aliphatic carbocycles. The van der Waals surface area contributed by atoms with Gasteiger partial charge in [0.15, 0.2) is 0 Å². The molecular formula is C26H31N3O6S. The molecule has 2 aromatic rings. The number of hydrogen-bond acceptors (Lipinski definition) is 7. The van der Waals surface area contributed by atoms with Crippen molar-refractivity contribution >= 4 is 36.5 Å². The van der Waals surface area contributed by atoms with Gasteiger partial charge in [-0.2, -0.15) is 12.6 Å². The molecular weight excluding hydrogens is 482 g/mol. The van der Waals surface area contributed by atoms with Gasteiger partial charge >= 0.3 is 12.1 Å². The molecule has 1 unspecified atom stereocenters. The minimum absolute atomic E-state index is 0.00930. The first-order valence-corrected chi connectivity index (χ1v) is 12.3. The number of esters is 1. The van der Waals surface area contributed by atoms with Crippen molar-refractivity contribution < 1.29 is 28.7 Å². The molecule has 2 atom stereocenters. The van der Waals surface area contributed by atoms with Gasteiger partial charge < -0.3 is 25.4 Å². The van der Waals surface area contributed by atoms with Crippen LogP contribution in [0.2, 0.25) is 0 Å². The quantitative estimate of drug-likeness (QED) is 0.286. The zero-order valence-corrected chi connectivity index (χ0v) is 21.3. The lowest BCUT2D eigenvalue weighted by Crippen LogP contribution is -2.56. The van der Waals surface area contributed by atoms with E-state index in [0.717, 1.165) is 22.3 Å². The first-order valence-electron chi connectivity index (χ1n) is 11.6. The van der Waals surface area contributed by atoms with Gasteiger partial charge in [0.25, 0.3) is 0 Å². The molecule has 2 aromatic carbocycles. The van der Waals surface area contributed by atoms with Gasteiger partial charge in [-0.3, -0.25) is 14.4 Å². The number of alkyl carbamates (subject to hydrolysis) is 1. The molecule has 0 saturated heterocycles.